The van der Waals surface area contributed by atoms with E-state index >= 15 is 0 Å². The summed E-state index contributed by atoms with van der Waals surface area (Å²) in [6, 6.07) is 4.55. The van der Waals surface area contributed by atoms with E-state index in [1.807, 2.05) is 0 Å². The van der Waals surface area contributed by atoms with Gasteiger partial charge in [-0.3, -0.25) is 9.59 Å². The van der Waals surface area contributed by atoms with Crippen LogP contribution in [0.1, 0.15) is 26.3 Å². The Kier molecular flexibility index (Phi) is 6.71. The fourth-order valence-corrected chi connectivity index (χ4v) is 3.32. The SMILES string of the molecule is CCOC(=O)Cc1cccc(S(=O)(=O)N[C@@H](C(=O)O)C(C)C)c1. The molecule has 0 unspecified atom stereocenters. The van der Waals surface area contributed by atoms with Gasteiger partial charge in [0.1, 0.15) is 6.04 Å². The van der Waals surface area contributed by atoms with E-state index in [1.54, 1.807) is 26.8 Å². The molecule has 0 saturated carbocycles. The molecule has 8 heteroatoms. The zero-order valence-corrected chi connectivity index (χ0v) is 14.1. The summed E-state index contributed by atoms with van der Waals surface area (Å²) >= 11 is 0. The first kappa shape index (κ1) is 19.1. The van der Waals surface area contributed by atoms with Crippen molar-refractivity contribution >= 4 is 22.0 Å². The number of rotatable bonds is 8. The molecule has 1 aromatic rings. The number of nitrogens with one attached hydrogen (secondary N) is 1. The van der Waals surface area contributed by atoms with Crippen LogP contribution in [0.3, 0.4) is 0 Å². The summed E-state index contributed by atoms with van der Waals surface area (Å²) in [6.07, 6.45) is -0.0518. The number of hydrogen-bond donors (Lipinski definition) is 2. The standard InChI is InChI=1S/C15H21NO6S/c1-4-22-13(17)9-11-6-5-7-12(8-11)23(20,21)16-14(10(2)3)15(18)19/h5-8,10,14,16H,4,9H2,1-3H3,(H,18,19)/t14-/m1/s1. The van der Waals surface area contributed by atoms with Crippen molar-refractivity contribution < 1.29 is 27.9 Å². The monoisotopic (exact) mass is 343 g/mol. The van der Waals surface area contributed by atoms with Crippen molar-refractivity contribution in [2.24, 2.45) is 5.92 Å². The number of carboxylic acid groups (broad SMARTS) is 1. The third-order valence-corrected chi connectivity index (χ3v) is 4.52. The molecule has 23 heavy (non-hydrogen) atoms. The molecule has 0 aliphatic heterocycles. The van der Waals surface area contributed by atoms with Crippen molar-refractivity contribution in [3.8, 4) is 0 Å². The van der Waals surface area contributed by atoms with Crippen molar-refractivity contribution in [3.63, 3.8) is 0 Å². The zero-order valence-electron chi connectivity index (χ0n) is 13.3. The fraction of sp³-hybridized carbons (Fsp3) is 0.467. The van der Waals surface area contributed by atoms with Crippen LogP contribution in [0.5, 0.6) is 0 Å². The second-order valence-corrected chi connectivity index (χ2v) is 7.02. The summed E-state index contributed by atoms with van der Waals surface area (Å²) in [4.78, 5) is 22.5. The number of benzene rings is 1. The van der Waals surface area contributed by atoms with E-state index < -0.39 is 33.9 Å². The van der Waals surface area contributed by atoms with E-state index in [1.165, 1.54) is 18.2 Å². The number of carbonyl (C=O) groups is 2. The Morgan fingerprint density at radius 2 is 1.96 bits per heavy atom. The number of carboxylic acids is 1. The maximum Gasteiger partial charge on any atom is 0.322 e. The first-order valence-electron chi connectivity index (χ1n) is 7.17. The van der Waals surface area contributed by atoms with Crippen LogP contribution in [0, 0.1) is 5.92 Å². The Balaban J connectivity index is 3.00. The number of carbonyl (C=O) groups excluding carboxylic acids is 1. The zero-order chi connectivity index (χ0) is 17.6. The predicted molar refractivity (Wildman–Crippen MR) is 83.4 cm³/mol. The highest BCUT2D eigenvalue weighted by Gasteiger charge is 2.28. The van der Waals surface area contributed by atoms with Gasteiger partial charge in [-0.25, -0.2) is 8.42 Å². The molecule has 0 aliphatic carbocycles. The Labute approximate surface area is 135 Å². The van der Waals surface area contributed by atoms with Gasteiger partial charge in [-0.1, -0.05) is 26.0 Å². The van der Waals surface area contributed by atoms with Gasteiger partial charge < -0.3 is 9.84 Å². The van der Waals surface area contributed by atoms with E-state index in [4.69, 9.17) is 9.84 Å². The van der Waals surface area contributed by atoms with Gasteiger partial charge >= 0.3 is 11.9 Å². The van der Waals surface area contributed by atoms with E-state index in [9.17, 15) is 18.0 Å². The highest BCUT2D eigenvalue weighted by atomic mass is 32.2. The first-order chi connectivity index (χ1) is 10.7. The molecule has 0 aromatic heterocycles. The molecule has 0 radical (unpaired) electrons. The maximum absolute atomic E-state index is 12.3. The van der Waals surface area contributed by atoms with Gasteiger partial charge in [0, 0.05) is 0 Å². The van der Waals surface area contributed by atoms with Crippen molar-refractivity contribution in [1.29, 1.82) is 0 Å². The first-order valence-corrected chi connectivity index (χ1v) is 8.65. The molecule has 128 valence electrons. The van der Waals surface area contributed by atoms with Crippen LogP contribution in [0.15, 0.2) is 29.2 Å². The van der Waals surface area contributed by atoms with Crippen LogP contribution in [-0.4, -0.2) is 38.1 Å². The normalized spacial score (nSPS) is 12.9. The third kappa shape index (κ3) is 5.65. The summed E-state index contributed by atoms with van der Waals surface area (Å²) in [6.45, 7) is 5.14. The molecule has 1 rings (SSSR count). The number of esters is 1. The molecular formula is C15H21NO6S. The molecule has 1 aromatic carbocycles. The number of sulfonamides is 1. The van der Waals surface area contributed by atoms with Crippen LogP contribution >= 0.6 is 0 Å². The molecule has 0 heterocycles. The smallest absolute Gasteiger partial charge is 0.322 e. The van der Waals surface area contributed by atoms with Crippen LogP contribution in [-0.2, 0) is 30.8 Å². The summed E-state index contributed by atoms with van der Waals surface area (Å²) in [5.74, 6) is -2.11. The minimum absolute atomic E-state index is 0.0518. The lowest BCUT2D eigenvalue weighted by Crippen LogP contribution is -2.44. The molecule has 0 spiro atoms. The summed E-state index contributed by atoms with van der Waals surface area (Å²) in [5, 5.41) is 9.10. The average Bonchev–Trinajstić information content (AvgIpc) is 2.44. The third-order valence-electron chi connectivity index (χ3n) is 3.08. The Morgan fingerprint density at radius 3 is 2.48 bits per heavy atom. The van der Waals surface area contributed by atoms with Gasteiger partial charge in [-0.05, 0) is 30.5 Å². The lowest BCUT2D eigenvalue weighted by atomic mass is 10.1. The van der Waals surface area contributed by atoms with Crippen LogP contribution < -0.4 is 4.72 Å². The molecule has 0 amide bonds. The quantitative estimate of drug-likeness (QED) is 0.686. The van der Waals surface area contributed by atoms with Crippen LogP contribution in [0.2, 0.25) is 0 Å². The number of ether oxygens (including phenoxy) is 1. The number of hydrogen-bond acceptors (Lipinski definition) is 5. The highest BCUT2D eigenvalue weighted by Crippen LogP contribution is 2.15. The summed E-state index contributed by atoms with van der Waals surface area (Å²) < 4.78 is 31.6. The Morgan fingerprint density at radius 1 is 1.30 bits per heavy atom. The Hall–Kier alpha value is -1.93. The number of aliphatic carboxylic acids is 1. The Bertz CT molecular complexity index is 668. The van der Waals surface area contributed by atoms with Crippen molar-refractivity contribution in [2.75, 3.05) is 6.61 Å². The molecule has 1 atom stereocenters. The molecule has 7 nitrogen and oxygen atoms in total. The average molecular weight is 343 g/mol. The largest absolute Gasteiger partial charge is 0.480 e. The van der Waals surface area contributed by atoms with E-state index in [0.717, 1.165) is 0 Å². The van der Waals surface area contributed by atoms with E-state index in [2.05, 4.69) is 4.72 Å². The topological polar surface area (TPSA) is 110 Å². The van der Waals surface area contributed by atoms with Crippen LogP contribution in [0.25, 0.3) is 0 Å². The molecule has 0 fully saturated rings. The lowest BCUT2D eigenvalue weighted by molar-refractivity contribution is -0.142. The second kappa shape index (κ2) is 8.07. The van der Waals surface area contributed by atoms with Crippen molar-refractivity contribution in [1.82, 2.24) is 4.72 Å². The van der Waals surface area contributed by atoms with Gasteiger partial charge in [0.2, 0.25) is 10.0 Å². The second-order valence-electron chi connectivity index (χ2n) is 5.31. The van der Waals surface area contributed by atoms with Gasteiger partial charge in [-0.15, -0.1) is 0 Å². The van der Waals surface area contributed by atoms with E-state index in [0.29, 0.717) is 5.56 Å². The summed E-state index contributed by atoms with van der Waals surface area (Å²) in [5.41, 5.74) is 0.475. The molecule has 2 N–H and O–H groups in total. The van der Waals surface area contributed by atoms with Crippen LogP contribution in [0.4, 0.5) is 0 Å². The van der Waals surface area contributed by atoms with Gasteiger partial charge in [0.15, 0.2) is 0 Å². The lowest BCUT2D eigenvalue weighted by Gasteiger charge is -2.18. The molecule has 0 bridgehead atoms. The predicted octanol–water partition coefficient (Wildman–Crippen LogP) is 1.18. The summed E-state index contributed by atoms with van der Waals surface area (Å²) in [7, 11) is -4.00. The van der Waals surface area contributed by atoms with Crippen molar-refractivity contribution in [2.45, 2.75) is 38.1 Å². The van der Waals surface area contributed by atoms with Crippen molar-refractivity contribution in [3.05, 3.63) is 29.8 Å². The van der Waals surface area contributed by atoms with Gasteiger partial charge in [0.25, 0.3) is 0 Å². The van der Waals surface area contributed by atoms with Gasteiger partial charge in [-0.2, -0.15) is 4.72 Å². The molecule has 0 aliphatic rings. The van der Waals surface area contributed by atoms with E-state index in [-0.39, 0.29) is 17.9 Å². The fourth-order valence-electron chi connectivity index (χ4n) is 1.91. The molecule has 0 saturated heterocycles. The van der Waals surface area contributed by atoms with Gasteiger partial charge in [0.05, 0.1) is 17.9 Å². The minimum atomic E-state index is -4.00. The maximum atomic E-state index is 12.3. The minimum Gasteiger partial charge on any atom is -0.480 e. The molecular weight excluding hydrogens is 322 g/mol. The highest BCUT2D eigenvalue weighted by molar-refractivity contribution is 7.89.